The molecule has 0 radical (unpaired) electrons. The number of pyridine rings is 1. The second kappa shape index (κ2) is 10.3. The van der Waals surface area contributed by atoms with E-state index in [0.29, 0.717) is 76.7 Å². The summed E-state index contributed by atoms with van der Waals surface area (Å²) in [7, 11) is -3.51. The monoisotopic (exact) mass is 469 g/mol. The van der Waals surface area contributed by atoms with E-state index in [1.807, 2.05) is 9.80 Å². The Labute approximate surface area is 194 Å². The molecule has 9 nitrogen and oxygen atoms in total. The minimum Gasteiger partial charge on any atom is -0.379 e. The molecule has 2 aliphatic rings. The maximum Gasteiger partial charge on any atom is 0.243 e. The van der Waals surface area contributed by atoms with Crippen molar-refractivity contribution in [3.63, 3.8) is 0 Å². The Morgan fingerprint density at radius 3 is 2.39 bits per heavy atom. The fourth-order valence-electron chi connectivity index (χ4n) is 4.08. The van der Waals surface area contributed by atoms with Gasteiger partial charge in [0.2, 0.25) is 15.9 Å². The molecule has 0 unspecified atom stereocenters. The van der Waals surface area contributed by atoms with Crippen molar-refractivity contribution in [2.75, 3.05) is 57.4 Å². The Bertz CT molecular complexity index is 1120. The van der Waals surface area contributed by atoms with Crippen LogP contribution in [0.15, 0.2) is 47.5 Å². The van der Waals surface area contributed by atoms with E-state index in [1.165, 1.54) is 4.31 Å². The molecule has 2 aromatic rings. The van der Waals surface area contributed by atoms with Crippen molar-refractivity contribution in [3.05, 3.63) is 53.7 Å². The van der Waals surface area contributed by atoms with Crippen LogP contribution >= 0.6 is 0 Å². The van der Waals surface area contributed by atoms with E-state index in [1.54, 1.807) is 42.6 Å². The first kappa shape index (κ1) is 23.2. The van der Waals surface area contributed by atoms with Gasteiger partial charge in [0.15, 0.2) is 0 Å². The normalized spacial score (nSPS) is 17.5. The van der Waals surface area contributed by atoms with Gasteiger partial charge >= 0.3 is 0 Å². The highest BCUT2D eigenvalue weighted by molar-refractivity contribution is 7.89. The van der Waals surface area contributed by atoms with Gasteiger partial charge in [-0.3, -0.25) is 4.79 Å². The summed E-state index contributed by atoms with van der Waals surface area (Å²) in [5.41, 5.74) is 1.46. The fraction of sp³-hybridized carbons (Fsp3) is 0.435. The van der Waals surface area contributed by atoms with Crippen LogP contribution in [0, 0.1) is 11.3 Å². The molecule has 0 atom stereocenters. The minimum atomic E-state index is -3.51. The average Bonchev–Trinajstić information content (AvgIpc) is 2.88. The number of nitriles is 1. The number of amides is 1. The van der Waals surface area contributed by atoms with Crippen LogP contribution in [-0.2, 0) is 26.0 Å². The summed E-state index contributed by atoms with van der Waals surface area (Å²) < 4.78 is 32.1. The number of anilines is 1. The third-order valence-electron chi connectivity index (χ3n) is 6.00. The number of carbonyl (C=O) groups is 1. The molecule has 4 rings (SSSR count). The summed E-state index contributed by atoms with van der Waals surface area (Å²) >= 11 is 0. The highest BCUT2D eigenvalue weighted by Crippen LogP contribution is 2.20. The molecule has 1 aromatic carbocycles. The first-order chi connectivity index (χ1) is 16.0. The van der Waals surface area contributed by atoms with Gasteiger partial charge in [0.25, 0.3) is 0 Å². The topological polar surface area (TPSA) is 107 Å². The Hall–Kier alpha value is -3.00. The molecule has 0 N–H and O–H groups in total. The van der Waals surface area contributed by atoms with E-state index < -0.39 is 10.0 Å². The fourth-order valence-corrected chi connectivity index (χ4v) is 5.49. The second-order valence-electron chi connectivity index (χ2n) is 8.01. The van der Waals surface area contributed by atoms with Gasteiger partial charge in [0.05, 0.1) is 23.7 Å². The molecular weight excluding hydrogens is 442 g/mol. The molecule has 3 heterocycles. The maximum absolute atomic E-state index is 12.7. The number of carbonyl (C=O) groups excluding carboxylic acids is 1. The average molecular weight is 470 g/mol. The Morgan fingerprint density at radius 2 is 1.73 bits per heavy atom. The van der Waals surface area contributed by atoms with Crippen molar-refractivity contribution in [2.45, 2.75) is 17.7 Å². The third kappa shape index (κ3) is 5.33. The molecule has 2 fully saturated rings. The number of piperazine rings is 1. The van der Waals surface area contributed by atoms with E-state index in [-0.39, 0.29) is 10.8 Å². The van der Waals surface area contributed by atoms with Crippen molar-refractivity contribution < 1.29 is 17.9 Å². The predicted octanol–water partition coefficient (Wildman–Crippen LogP) is 1.26. The maximum atomic E-state index is 12.7. The van der Waals surface area contributed by atoms with Crippen molar-refractivity contribution >= 4 is 21.7 Å². The standard InChI is InChI=1S/C23H27N5O4S/c24-18-20-2-1-9-25-23(20)27-12-10-26(11-13-27)22(29)8-5-19-3-6-21(7-4-19)33(30,31)28-14-16-32-17-15-28/h1-4,6-7,9H,5,8,10-17H2. The van der Waals surface area contributed by atoms with Gasteiger partial charge < -0.3 is 14.5 Å². The van der Waals surface area contributed by atoms with Crippen LogP contribution in [0.2, 0.25) is 0 Å². The van der Waals surface area contributed by atoms with Gasteiger partial charge in [-0.2, -0.15) is 9.57 Å². The molecule has 10 heteroatoms. The lowest BCUT2D eigenvalue weighted by molar-refractivity contribution is -0.131. The Kier molecular flexibility index (Phi) is 7.23. The SMILES string of the molecule is N#Cc1cccnc1N1CCN(C(=O)CCc2ccc(S(=O)(=O)N3CCOCC3)cc2)CC1. The van der Waals surface area contributed by atoms with Crippen LogP contribution in [0.3, 0.4) is 0 Å². The predicted molar refractivity (Wildman–Crippen MR) is 122 cm³/mol. The molecule has 1 aromatic heterocycles. The van der Waals surface area contributed by atoms with Crippen LogP contribution < -0.4 is 4.90 Å². The van der Waals surface area contributed by atoms with E-state index in [9.17, 15) is 18.5 Å². The number of hydrogen-bond donors (Lipinski definition) is 0. The first-order valence-corrected chi connectivity index (χ1v) is 12.5. The summed E-state index contributed by atoms with van der Waals surface area (Å²) in [6, 6.07) is 12.4. The van der Waals surface area contributed by atoms with E-state index in [2.05, 4.69) is 11.1 Å². The van der Waals surface area contributed by atoms with Gasteiger partial charge in [-0.25, -0.2) is 13.4 Å². The third-order valence-corrected chi connectivity index (χ3v) is 7.91. The summed E-state index contributed by atoms with van der Waals surface area (Å²) in [5, 5.41) is 9.27. The van der Waals surface area contributed by atoms with Crippen LogP contribution in [0.5, 0.6) is 0 Å². The number of aromatic nitrogens is 1. The van der Waals surface area contributed by atoms with E-state index >= 15 is 0 Å². The second-order valence-corrected chi connectivity index (χ2v) is 9.95. The molecule has 0 bridgehead atoms. The Morgan fingerprint density at radius 1 is 1.03 bits per heavy atom. The zero-order valence-electron chi connectivity index (χ0n) is 18.4. The first-order valence-electron chi connectivity index (χ1n) is 11.0. The summed E-state index contributed by atoms with van der Waals surface area (Å²) in [6.45, 7) is 3.98. The molecule has 174 valence electrons. The smallest absolute Gasteiger partial charge is 0.243 e. The lowest BCUT2D eigenvalue weighted by atomic mass is 10.1. The highest BCUT2D eigenvalue weighted by atomic mass is 32.2. The van der Waals surface area contributed by atoms with Crippen molar-refractivity contribution in [2.24, 2.45) is 0 Å². The van der Waals surface area contributed by atoms with Crippen LogP contribution in [0.1, 0.15) is 17.5 Å². The van der Waals surface area contributed by atoms with Crippen LogP contribution in [0.4, 0.5) is 5.82 Å². The lowest BCUT2D eigenvalue weighted by Crippen LogP contribution is -2.49. The lowest BCUT2D eigenvalue weighted by Gasteiger charge is -2.35. The summed E-state index contributed by atoms with van der Waals surface area (Å²) in [6.07, 6.45) is 2.59. The Balaban J connectivity index is 1.28. The summed E-state index contributed by atoms with van der Waals surface area (Å²) in [4.78, 5) is 21.2. The molecule has 33 heavy (non-hydrogen) atoms. The molecule has 0 saturated carbocycles. The quantitative estimate of drug-likeness (QED) is 0.627. The molecule has 0 aliphatic carbocycles. The van der Waals surface area contributed by atoms with Crippen molar-refractivity contribution in [1.29, 1.82) is 5.26 Å². The highest BCUT2D eigenvalue weighted by Gasteiger charge is 2.26. The summed E-state index contributed by atoms with van der Waals surface area (Å²) in [5.74, 6) is 0.736. The van der Waals surface area contributed by atoms with Crippen LogP contribution in [0.25, 0.3) is 0 Å². The largest absolute Gasteiger partial charge is 0.379 e. The van der Waals surface area contributed by atoms with E-state index in [4.69, 9.17) is 4.74 Å². The number of morpholine rings is 1. The number of sulfonamides is 1. The van der Waals surface area contributed by atoms with E-state index in [0.717, 1.165) is 5.56 Å². The zero-order valence-corrected chi connectivity index (χ0v) is 19.2. The number of rotatable bonds is 6. The molecule has 2 aliphatic heterocycles. The molecular formula is C23H27N5O4S. The number of benzene rings is 1. The van der Waals surface area contributed by atoms with Gasteiger partial charge in [0.1, 0.15) is 11.9 Å². The van der Waals surface area contributed by atoms with Gasteiger partial charge in [-0.1, -0.05) is 12.1 Å². The molecule has 0 spiro atoms. The van der Waals surface area contributed by atoms with Gasteiger partial charge in [-0.15, -0.1) is 0 Å². The number of nitrogens with zero attached hydrogens (tertiary/aromatic N) is 5. The molecule has 1 amide bonds. The van der Waals surface area contributed by atoms with Gasteiger partial charge in [0, 0.05) is 51.9 Å². The number of aryl methyl sites for hydroxylation is 1. The number of hydrogen-bond acceptors (Lipinski definition) is 7. The zero-order chi connectivity index (χ0) is 23.3. The van der Waals surface area contributed by atoms with Crippen molar-refractivity contribution in [3.8, 4) is 6.07 Å². The van der Waals surface area contributed by atoms with Crippen LogP contribution in [-0.4, -0.2) is 81.0 Å². The van der Waals surface area contributed by atoms with Gasteiger partial charge in [-0.05, 0) is 36.2 Å². The van der Waals surface area contributed by atoms with Crippen molar-refractivity contribution in [1.82, 2.24) is 14.2 Å². The number of ether oxygens (including phenoxy) is 1. The minimum absolute atomic E-state index is 0.0705. The molecule has 2 saturated heterocycles.